The fourth-order valence-corrected chi connectivity index (χ4v) is 2.92. The average molecular weight is 268 g/mol. The molecule has 0 aromatic heterocycles. The van der Waals surface area contributed by atoms with Gasteiger partial charge >= 0.3 is 0 Å². The largest absolute Gasteiger partial charge is 0.388 e. The lowest BCUT2D eigenvalue weighted by atomic mass is 9.71. The van der Waals surface area contributed by atoms with E-state index >= 15 is 0 Å². The molecule has 1 fully saturated rings. The minimum Gasteiger partial charge on any atom is -0.388 e. The van der Waals surface area contributed by atoms with Gasteiger partial charge in [-0.1, -0.05) is 19.9 Å². The quantitative estimate of drug-likeness (QED) is 0.836. The number of aryl methyl sites for hydroxylation is 1. The number of benzene rings is 1. The predicted octanol–water partition coefficient (Wildman–Crippen LogP) is 4.52. The molecule has 0 amide bonds. The number of rotatable bonds is 2. The molecule has 0 heterocycles. The molecule has 1 aromatic carbocycles. The van der Waals surface area contributed by atoms with Gasteiger partial charge in [-0.15, -0.1) is 0 Å². The third-order valence-corrected chi connectivity index (χ3v) is 4.45. The van der Waals surface area contributed by atoms with E-state index in [1.807, 2.05) is 0 Å². The Balaban J connectivity index is 2.21. The van der Waals surface area contributed by atoms with Crippen LogP contribution in [-0.4, -0.2) is 5.11 Å². The Morgan fingerprint density at radius 1 is 1.21 bits per heavy atom. The van der Waals surface area contributed by atoms with Crippen LogP contribution in [0, 0.1) is 29.9 Å². The molecule has 1 N–H and O–H groups in total. The summed E-state index contributed by atoms with van der Waals surface area (Å²) in [6.07, 6.45) is 2.59. The van der Waals surface area contributed by atoms with Crippen molar-refractivity contribution < 1.29 is 13.9 Å². The van der Waals surface area contributed by atoms with Crippen molar-refractivity contribution in [1.82, 2.24) is 0 Å². The minimum atomic E-state index is -1.03. The summed E-state index contributed by atoms with van der Waals surface area (Å²) in [5.74, 6) is -1.28. The highest BCUT2D eigenvalue weighted by Crippen LogP contribution is 2.43. The molecule has 1 aromatic rings. The van der Waals surface area contributed by atoms with Crippen LogP contribution < -0.4 is 0 Å². The van der Waals surface area contributed by atoms with Crippen LogP contribution >= 0.6 is 0 Å². The number of hydrogen-bond donors (Lipinski definition) is 1. The average Bonchev–Trinajstić information content (AvgIpc) is 2.34. The summed E-state index contributed by atoms with van der Waals surface area (Å²) < 4.78 is 27.8. The van der Waals surface area contributed by atoms with Gasteiger partial charge < -0.3 is 5.11 Å². The molecule has 0 spiro atoms. The first-order valence-electron chi connectivity index (χ1n) is 6.94. The van der Waals surface area contributed by atoms with Crippen molar-refractivity contribution in [3.05, 3.63) is 34.9 Å². The molecule has 3 heteroatoms. The van der Waals surface area contributed by atoms with E-state index in [1.54, 1.807) is 6.92 Å². The van der Waals surface area contributed by atoms with Gasteiger partial charge in [-0.3, -0.25) is 0 Å². The van der Waals surface area contributed by atoms with Crippen molar-refractivity contribution in [1.29, 1.82) is 0 Å². The van der Waals surface area contributed by atoms with Gasteiger partial charge in [0.05, 0.1) is 11.7 Å². The molecule has 0 bridgehead atoms. The summed E-state index contributed by atoms with van der Waals surface area (Å²) in [5.41, 5.74) is 0.510. The lowest BCUT2D eigenvalue weighted by Crippen LogP contribution is -2.26. The molecular weight excluding hydrogens is 246 g/mol. The van der Waals surface area contributed by atoms with Crippen LogP contribution in [0.5, 0.6) is 0 Å². The summed E-state index contributed by atoms with van der Waals surface area (Å²) in [6.45, 7) is 5.99. The minimum absolute atomic E-state index is 0.0428. The van der Waals surface area contributed by atoms with E-state index in [2.05, 4.69) is 13.8 Å². The Morgan fingerprint density at radius 2 is 1.79 bits per heavy atom. The molecule has 1 nitrogen and oxygen atoms in total. The molecular formula is C16H22F2O. The van der Waals surface area contributed by atoms with Gasteiger partial charge in [-0.2, -0.15) is 0 Å². The van der Waals surface area contributed by atoms with Crippen molar-refractivity contribution in [2.24, 2.45) is 11.3 Å². The molecule has 0 radical (unpaired) electrons. The van der Waals surface area contributed by atoms with E-state index < -0.39 is 17.7 Å². The third-order valence-electron chi connectivity index (χ3n) is 4.45. The molecule has 1 aliphatic rings. The van der Waals surface area contributed by atoms with Crippen LogP contribution in [0.2, 0.25) is 0 Å². The Kier molecular flexibility index (Phi) is 3.95. The van der Waals surface area contributed by atoms with Crippen molar-refractivity contribution in [2.45, 2.75) is 52.6 Å². The normalized spacial score (nSPS) is 21.4. The second-order valence-electron chi connectivity index (χ2n) is 6.54. The highest BCUT2D eigenvalue weighted by molar-refractivity contribution is 5.28. The van der Waals surface area contributed by atoms with Crippen LogP contribution in [0.25, 0.3) is 0 Å². The van der Waals surface area contributed by atoms with E-state index in [-0.39, 0.29) is 16.9 Å². The summed E-state index contributed by atoms with van der Waals surface area (Å²) in [7, 11) is 0. The molecule has 1 aliphatic carbocycles. The van der Waals surface area contributed by atoms with Crippen molar-refractivity contribution in [3.63, 3.8) is 0 Å². The molecule has 19 heavy (non-hydrogen) atoms. The van der Waals surface area contributed by atoms with Crippen LogP contribution in [-0.2, 0) is 0 Å². The highest BCUT2D eigenvalue weighted by Gasteiger charge is 2.33. The maximum absolute atomic E-state index is 14.0. The SMILES string of the molecule is Cc1ccc(F)c(C(O)C2CCC(C)(C)CC2)c1F. The zero-order valence-electron chi connectivity index (χ0n) is 11.8. The van der Waals surface area contributed by atoms with Crippen molar-refractivity contribution in [2.75, 3.05) is 0 Å². The van der Waals surface area contributed by atoms with Gasteiger partial charge in [0.15, 0.2) is 0 Å². The van der Waals surface area contributed by atoms with Crippen LogP contribution in [0.4, 0.5) is 8.78 Å². The first kappa shape index (κ1) is 14.4. The Bertz CT molecular complexity index is 458. The second kappa shape index (κ2) is 5.20. The maximum atomic E-state index is 14.0. The van der Waals surface area contributed by atoms with Crippen LogP contribution in [0.3, 0.4) is 0 Å². The molecule has 1 atom stereocenters. The summed E-state index contributed by atoms with van der Waals surface area (Å²) in [6, 6.07) is 2.65. The zero-order chi connectivity index (χ0) is 14.2. The van der Waals surface area contributed by atoms with Crippen LogP contribution in [0.1, 0.15) is 56.8 Å². The lowest BCUT2D eigenvalue weighted by Gasteiger charge is -2.36. The number of hydrogen-bond acceptors (Lipinski definition) is 1. The van der Waals surface area contributed by atoms with Gasteiger partial charge in [0.2, 0.25) is 0 Å². The van der Waals surface area contributed by atoms with E-state index in [1.165, 1.54) is 12.1 Å². The molecule has 1 saturated carbocycles. The molecule has 0 aliphatic heterocycles. The Labute approximate surface area is 113 Å². The number of halogens is 2. The van der Waals surface area contributed by atoms with Gasteiger partial charge in [0.1, 0.15) is 11.6 Å². The van der Waals surface area contributed by atoms with Gasteiger partial charge in [0.25, 0.3) is 0 Å². The fraction of sp³-hybridized carbons (Fsp3) is 0.625. The summed E-state index contributed by atoms with van der Waals surface area (Å²) in [4.78, 5) is 0. The third kappa shape index (κ3) is 2.97. The molecule has 2 rings (SSSR count). The highest BCUT2D eigenvalue weighted by atomic mass is 19.1. The van der Waals surface area contributed by atoms with E-state index in [4.69, 9.17) is 0 Å². The van der Waals surface area contributed by atoms with Crippen LogP contribution in [0.15, 0.2) is 12.1 Å². The smallest absolute Gasteiger partial charge is 0.134 e. The van der Waals surface area contributed by atoms with E-state index in [0.717, 1.165) is 25.7 Å². The van der Waals surface area contributed by atoms with E-state index in [0.29, 0.717) is 5.56 Å². The fourth-order valence-electron chi connectivity index (χ4n) is 2.92. The monoisotopic (exact) mass is 268 g/mol. The lowest BCUT2D eigenvalue weighted by molar-refractivity contribution is 0.0516. The van der Waals surface area contributed by atoms with Gasteiger partial charge in [-0.25, -0.2) is 8.78 Å². The summed E-state index contributed by atoms with van der Waals surface area (Å²) >= 11 is 0. The predicted molar refractivity (Wildman–Crippen MR) is 71.8 cm³/mol. The van der Waals surface area contributed by atoms with E-state index in [9.17, 15) is 13.9 Å². The Morgan fingerprint density at radius 3 is 2.37 bits per heavy atom. The van der Waals surface area contributed by atoms with Crippen molar-refractivity contribution >= 4 is 0 Å². The zero-order valence-corrected chi connectivity index (χ0v) is 11.8. The standard InChI is InChI=1S/C16H22F2O/c1-10-4-5-12(17)13(14(10)18)15(19)11-6-8-16(2,3)9-7-11/h4-5,11,15,19H,6-9H2,1-3H3. The Hall–Kier alpha value is -0.960. The number of aliphatic hydroxyl groups excluding tert-OH is 1. The molecule has 106 valence electrons. The maximum Gasteiger partial charge on any atom is 0.134 e. The summed E-state index contributed by atoms with van der Waals surface area (Å²) in [5, 5.41) is 10.3. The molecule has 1 unspecified atom stereocenters. The van der Waals surface area contributed by atoms with Gasteiger partial charge in [-0.05, 0) is 55.6 Å². The molecule has 0 saturated heterocycles. The topological polar surface area (TPSA) is 20.2 Å². The van der Waals surface area contributed by atoms with Gasteiger partial charge in [0, 0.05) is 0 Å². The second-order valence-corrected chi connectivity index (χ2v) is 6.54. The van der Waals surface area contributed by atoms with Crippen molar-refractivity contribution in [3.8, 4) is 0 Å². The first-order chi connectivity index (χ1) is 8.82. The first-order valence-corrected chi connectivity index (χ1v) is 6.94. The number of aliphatic hydroxyl groups is 1.